The van der Waals surface area contributed by atoms with E-state index in [1.807, 2.05) is 0 Å². The number of amides is 1. The molecule has 0 saturated heterocycles. The van der Waals surface area contributed by atoms with E-state index in [9.17, 15) is 14.0 Å². The van der Waals surface area contributed by atoms with Crippen molar-refractivity contribution in [1.82, 2.24) is 5.32 Å². The number of carboxylic acids is 1. The van der Waals surface area contributed by atoms with Gasteiger partial charge in [0.1, 0.15) is 5.82 Å². The van der Waals surface area contributed by atoms with Crippen LogP contribution in [0.3, 0.4) is 0 Å². The topological polar surface area (TPSA) is 66.4 Å². The molecule has 2 N–H and O–H groups in total. The highest BCUT2D eigenvalue weighted by molar-refractivity contribution is 7.17. The summed E-state index contributed by atoms with van der Waals surface area (Å²) in [5.41, 5.74) is -0.191. The van der Waals surface area contributed by atoms with Crippen molar-refractivity contribution in [1.29, 1.82) is 0 Å². The first kappa shape index (κ1) is 16.2. The lowest BCUT2D eigenvalue weighted by molar-refractivity contribution is -0.146. The minimum atomic E-state index is -1.02. The van der Waals surface area contributed by atoms with Crippen LogP contribution in [0, 0.1) is 11.2 Å². The van der Waals surface area contributed by atoms with Crippen LogP contribution in [0.25, 0.3) is 10.4 Å². The van der Waals surface area contributed by atoms with E-state index in [0.29, 0.717) is 4.88 Å². The molecule has 0 spiro atoms. The Kier molecular flexibility index (Phi) is 4.61. The van der Waals surface area contributed by atoms with Crippen molar-refractivity contribution in [3.63, 3.8) is 0 Å². The average molecular weight is 321 g/mol. The molecule has 0 unspecified atom stereocenters. The van der Waals surface area contributed by atoms with Gasteiger partial charge in [0.2, 0.25) is 0 Å². The molecule has 2 rings (SSSR count). The SMILES string of the molecule is CC(C)(CNC(=O)c1ccc(-c2ccc(F)cc2)s1)C(=O)O. The number of halogens is 1. The minimum absolute atomic E-state index is 0.0466. The Morgan fingerprint density at radius 1 is 1.18 bits per heavy atom. The fourth-order valence-electron chi connectivity index (χ4n) is 1.69. The summed E-state index contributed by atoms with van der Waals surface area (Å²) in [6.07, 6.45) is 0. The van der Waals surface area contributed by atoms with E-state index in [0.717, 1.165) is 10.4 Å². The molecule has 22 heavy (non-hydrogen) atoms. The molecule has 0 fully saturated rings. The number of rotatable bonds is 5. The molecule has 1 heterocycles. The van der Waals surface area contributed by atoms with Gasteiger partial charge in [0.05, 0.1) is 10.3 Å². The molecule has 1 amide bonds. The van der Waals surface area contributed by atoms with Gasteiger partial charge in [-0.25, -0.2) is 4.39 Å². The van der Waals surface area contributed by atoms with E-state index < -0.39 is 11.4 Å². The summed E-state index contributed by atoms with van der Waals surface area (Å²) in [4.78, 5) is 24.4. The van der Waals surface area contributed by atoms with Crippen LogP contribution < -0.4 is 5.32 Å². The number of aliphatic carboxylic acids is 1. The molecule has 0 saturated carbocycles. The van der Waals surface area contributed by atoms with Gasteiger partial charge < -0.3 is 10.4 Å². The zero-order valence-electron chi connectivity index (χ0n) is 12.2. The van der Waals surface area contributed by atoms with Crippen molar-refractivity contribution in [2.75, 3.05) is 6.54 Å². The second kappa shape index (κ2) is 6.27. The summed E-state index contributed by atoms with van der Waals surface area (Å²) in [5, 5.41) is 11.6. The van der Waals surface area contributed by atoms with Gasteiger partial charge in [-0.3, -0.25) is 9.59 Å². The molecule has 4 nitrogen and oxygen atoms in total. The number of thiophene rings is 1. The predicted octanol–water partition coefficient (Wildman–Crippen LogP) is 3.39. The number of benzene rings is 1. The number of nitrogens with one attached hydrogen (secondary N) is 1. The summed E-state index contributed by atoms with van der Waals surface area (Å²) < 4.78 is 12.9. The summed E-state index contributed by atoms with van der Waals surface area (Å²) in [6, 6.07) is 9.49. The fourth-order valence-corrected chi connectivity index (χ4v) is 2.62. The second-order valence-electron chi connectivity index (χ2n) is 5.54. The molecule has 0 aliphatic carbocycles. The molecule has 0 aliphatic rings. The van der Waals surface area contributed by atoms with Crippen molar-refractivity contribution < 1.29 is 19.1 Å². The lowest BCUT2D eigenvalue weighted by Gasteiger charge is -2.19. The third kappa shape index (κ3) is 3.71. The van der Waals surface area contributed by atoms with Crippen LogP contribution in [0.4, 0.5) is 4.39 Å². The first-order valence-corrected chi connectivity index (χ1v) is 7.48. The van der Waals surface area contributed by atoms with Gasteiger partial charge in [0.25, 0.3) is 5.91 Å². The molecule has 0 atom stereocenters. The zero-order chi connectivity index (χ0) is 16.3. The molecule has 1 aromatic heterocycles. The maximum Gasteiger partial charge on any atom is 0.310 e. The second-order valence-corrected chi connectivity index (χ2v) is 6.63. The van der Waals surface area contributed by atoms with Gasteiger partial charge in [-0.2, -0.15) is 0 Å². The maximum absolute atomic E-state index is 12.9. The number of carboxylic acid groups (broad SMARTS) is 1. The maximum atomic E-state index is 12.9. The van der Waals surface area contributed by atoms with Crippen molar-refractivity contribution in [3.8, 4) is 10.4 Å². The van der Waals surface area contributed by atoms with E-state index in [2.05, 4.69) is 5.32 Å². The van der Waals surface area contributed by atoms with Crippen LogP contribution in [-0.4, -0.2) is 23.5 Å². The quantitative estimate of drug-likeness (QED) is 0.887. The fraction of sp³-hybridized carbons (Fsp3) is 0.250. The van der Waals surface area contributed by atoms with E-state index in [1.54, 1.807) is 38.1 Å². The van der Waals surface area contributed by atoms with Crippen LogP contribution in [0.5, 0.6) is 0 Å². The minimum Gasteiger partial charge on any atom is -0.481 e. The Morgan fingerprint density at radius 2 is 1.82 bits per heavy atom. The van der Waals surface area contributed by atoms with E-state index in [-0.39, 0.29) is 18.3 Å². The molecule has 116 valence electrons. The monoisotopic (exact) mass is 321 g/mol. The van der Waals surface area contributed by atoms with Gasteiger partial charge >= 0.3 is 5.97 Å². The largest absolute Gasteiger partial charge is 0.481 e. The number of hydrogen-bond acceptors (Lipinski definition) is 3. The average Bonchev–Trinajstić information content (AvgIpc) is 2.95. The molecule has 0 bridgehead atoms. The third-order valence-electron chi connectivity index (χ3n) is 3.23. The summed E-state index contributed by atoms with van der Waals surface area (Å²) in [5.74, 6) is -1.59. The highest BCUT2D eigenvalue weighted by Crippen LogP contribution is 2.28. The molecule has 2 aromatic rings. The van der Waals surface area contributed by atoms with Gasteiger partial charge in [-0.1, -0.05) is 12.1 Å². The van der Waals surface area contributed by atoms with Crippen molar-refractivity contribution in [3.05, 3.63) is 47.1 Å². The summed E-state index contributed by atoms with van der Waals surface area (Å²) >= 11 is 1.28. The Labute approximate surface area is 131 Å². The molecule has 1 aromatic carbocycles. The van der Waals surface area contributed by atoms with E-state index in [4.69, 9.17) is 5.11 Å². The highest BCUT2D eigenvalue weighted by Gasteiger charge is 2.27. The molecular formula is C16H16FNO3S. The number of carbonyl (C=O) groups is 2. The smallest absolute Gasteiger partial charge is 0.310 e. The highest BCUT2D eigenvalue weighted by atomic mass is 32.1. The normalized spacial score (nSPS) is 11.2. The van der Waals surface area contributed by atoms with E-state index in [1.165, 1.54) is 23.5 Å². The Morgan fingerprint density at radius 3 is 2.41 bits per heavy atom. The molecular weight excluding hydrogens is 305 g/mol. The number of hydrogen-bond donors (Lipinski definition) is 2. The van der Waals surface area contributed by atoms with Crippen molar-refractivity contribution >= 4 is 23.2 Å². The van der Waals surface area contributed by atoms with Gasteiger partial charge in [0.15, 0.2) is 0 Å². The lowest BCUT2D eigenvalue weighted by atomic mass is 9.94. The van der Waals surface area contributed by atoms with Gasteiger partial charge in [-0.05, 0) is 43.7 Å². The van der Waals surface area contributed by atoms with E-state index >= 15 is 0 Å². The van der Waals surface area contributed by atoms with Crippen LogP contribution >= 0.6 is 11.3 Å². The molecule has 6 heteroatoms. The van der Waals surface area contributed by atoms with Gasteiger partial charge in [-0.15, -0.1) is 11.3 Å². The van der Waals surface area contributed by atoms with Crippen molar-refractivity contribution in [2.24, 2.45) is 5.41 Å². The lowest BCUT2D eigenvalue weighted by Crippen LogP contribution is -2.38. The summed E-state index contributed by atoms with van der Waals surface area (Å²) in [6.45, 7) is 3.15. The molecule has 0 radical (unpaired) electrons. The first-order valence-electron chi connectivity index (χ1n) is 6.67. The summed E-state index contributed by atoms with van der Waals surface area (Å²) in [7, 11) is 0. The Hall–Kier alpha value is -2.21. The van der Waals surface area contributed by atoms with Crippen LogP contribution in [0.2, 0.25) is 0 Å². The van der Waals surface area contributed by atoms with Crippen LogP contribution in [-0.2, 0) is 4.79 Å². The molecule has 0 aliphatic heterocycles. The number of carbonyl (C=O) groups excluding carboxylic acids is 1. The Balaban J connectivity index is 2.06. The van der Waals surface area contributed by atoms with Crippen molar-refractivity contribution in [2.45, 2.75) is 13.8 Å². The standard InChI is InChI=1S/C16H16FNO3S/c1-16(2,15(20)21)9-18-14(19)13-8-7-12(22-13)10-3-5-11(17)6-4-10/h3-8H,9H2,1-2H3,(H,18,19)(H,20,21). The van der Waals surface area contributed by atoms with Gasteiger partial charge in [0, 0.05) is 11.4 Å². The predicted molar refractivity (Wildman–Crippen MR) is 83.5 cm³/mol. The first-order chi connectivity index (χ1) is 10.3. The zero-order valence-corrected chi connectivity index (χ0v) is 13.0. The Bertz CT molecular complexity index is 692. The van der Waals surface area contributed by atoms with Crippen LogP contribution in [0.15, 0.2) is 36.4 Å². The third-order valence-corrected chi connectivity index (χ3v) is 4.36. The van der Waals surface area contributed by atoms with Crippen LogP contribution in [0.1, 0.15) is 23.5 Å².